The zero-order valence-electron chi connectivity index (χ0n) is 15.1. The van der Waals surface area contributed by atoms with E-state index in [2.05, 4.69) is 22.2 Å². The van der Waals surface area contributed by atoms with E-state index in [1.807, 2.05) is 35.9 Å². The molecule has 26 heavy (non-hydrogen) atoms. The van der Waals surface area contributed by atoms with Crippen molar-refractivity contribution in [2.75, 3.05) is 11.9 Å². The molecule has 0 saturated heterocycles. The van der Waals surface area contributed by atoms with Crippen molar-refractivity contribution in [2.45, 2.75) is 39.5 Å². The normalized spacial score (nSPS) is 13.0. The molecule has 0 unspecified atom stereocenters. The topological polar surface area (TPSA) is 68.5 Å². The molecular formula is C20H22N4O2. The zero-order valence-corrected chi connectivity index (χ0v) is 15.1. The van der Waals surface area contributed by atoms with Crippen LogP contribution in [0.25, 0.3) is 5.65 Å². The maximum absolute atomic E-state index is 12.7. The average Bonchev–Trinajstić information content (AvgIpc) is 3.27. The summed E-state index contributed by atoms with van der Waals surface area (Å²) in [6.07, 6.45) is 7.77. The third-order valence-corrected chi connectivity index (χ3v) is 4.68. The number of imidazole rings is 1. The Morgan fingerprint density at radius 1 is 1.23 bits per heavy atom. The van der Waals surface area contributed by atoms with Gasteiger partial charge in [0.05, 0.1) is 12.3 Å². The maximum Gasteiger partial charge on any atom is 0.274 e. The number of aromatic nitrogens is 3. The standard InChI is InChI=1S/C20H22N4O2/c1-3-14-11-24-12-17(18(26-4-2)10-19(24)21-14)23-20(25)16-9-8-13-6-5-7-15(13)22-16/h8-12H,3-7H2,1-2H3,(H,23,25). The molecule has 3 heterocycles. The Morgan fingerprint density at radius 3 is 2.92 bits per heavy atom. The lowest BCUT2D eigenvalue weighted by atomic mass is 10.2. The quantitative estimate of drug-likeness (QED) is 0.765. The Kier molecular flexibility index (Phi) is 4.32. The zero-order chi connectivity index (χ0) is 18.1. The fraction of sp³-hybridized carbons (Fsp3) is 0.350. The van der Waals surface area contributed by atoms with Crippen molar-refractivity contribution in [3.63, 3.8) is 0 Å². The predicted octanol–water partition coefficient (Wildman–Crippen LogP) is 3.43. The summed E-state index contributed by atoms with van der Waals surface area (Å²) in [6.45, 7) is 4.49. The molecule has 1 aliphatic carbocycles. The van der Waals surface area contributed by atoms with Gasteiger partial charge in [-0.2, -0.15) is 0 Å². The van der Waals surface area contributed by atoms with Crippen molar-refractivity contribution in [3.05, 3.63) is 53.2 Å². The SMILES string of the molecule is CCOc1cc2nc(CC)cn2cc1NC(=O)c1ccc2c(n1)CCC2. The van der Waals surface area contributed by atoms with Crippen LogP contribution in [0.5, 0.6) is 5.75 Å². The van der Waals surface area contributed by atoms with Crippen molar-refractivity contribution >= 4 is 17.2 Å². The lowest BCUT2D eigenvalue weighted by molar-refractivity contribution is 0.102. The highest BCUT2D eigenvalue weighted by atomic mass is 16.5. The van der Waals surface area contributed by atoms with Crippen LogP contribution in [-0.2, 0) is 19.3 Å². The number of rotatable bonds is 5. The van der Waals surface area contributed by atoms with Gasteiger partial charge in [-0.1, -0.05) is 13.0 Å². The Balaban J connectivity index is 1.66. The summed E-state index contributed by atoms with van der Waals surface area (Å²) in [7, 11) is 0. The average molecular weight is 350 g/mol. The van der Waals surface area contributed by atoms with Crippen LogP contribution in [0.4, 0.5) is 5.69 Å². The summed E-state index contributed by atoms with van der Waals surface area (Å²) in [4.78, 5) is 21.8. The number of amides is 1. The number of hydrogen-bond donors (Lipinski definition) is 1. The van der Waals surface area contributed by atoms with E-state index in [4.69, 9.17) is 4.74 Å². The van der Waals surface area contributed by atoms with E-state index in [-0.39, 0.29) is 5.91 Å². The van der Waals surface area contributed by atoms with Crippen molar-refractivity contribution in [2.24, 2.45) is 0 Å². The number of carbonyl (C=O) groups excluding carboxylic acids is 1. The van der Waals surface area contributed by atoms with Crippen LogP contribution < -0.4 is 10.1 Å². The molecule has 0 atom stereocenters. The summed E-state index contributed by atoms with van der Waals surface area (Å²) in [5.41, 5.74) is 5.15. The fourth-order valence-corrected chi connectivity index (χ4v) is 3.34. The molecule has 0 bridgehead atoms. The Labute approximate surface area is 152 Å². The summed E-state index contributed by atoms with van der Waals surface area (Å²) in [5.74, 6) is 0.388. The third kappa shape index (κ3) is 3.03. The van der Waals surface area contributed by atoms with E-state index >= 15 is 0 Å². The number of anilines is 1. The van der Waals surface area contributed by atoms with Gasteiger partial charge in [-0.05, 0) is 44.2 Å². The highest BCUT2D eigenvalue weighted by molar-refractivity contribution is 6.03. The van der Waals surface area contributed by atoms with Crippen LogP contribution in [0.1, 0.15) is 47.7 Å². The van der Waals surface area contributed by atoms with E-state index in [0.29, 0.717) is 23.7 Å². The van der Waals surface area contributed by atoms with Gasteiger partial charge in [-0.15, -0.1) is 0 Å². The number of pyridine rings is 2. The van der Waals surface area contributed by atoms with Gasteiger partial charge >= 0.3 is 0 Å². The molecule has 4 rings (SSSR count). The van der Waals surface area contributed by atoms with Crippen LogP contribution >= 0.6 is 0 Å². The van der Waals surface area contributed by atoms with Gasteiger partial charge in [0.2, 0.25) is 0 Å². The maximum atomic E-state index is 12.7. The van der Waals surface area contributed by atoms with Crippen LogP contribution in [0, 0.1) is 0 Å². The smallest absolute Gasteiger partial charge is 0.274 e. The molecule has 1 aliphatic rings. The molecule has 1 amide bonds. The summed E-state index contributed by atoms with van der Waals surface area (Å²) in [6, 6.07) is 5.67. The number of nitrogens with one attached hydrogen (secondary N) is 1. The molecule has 3 aromatic rings. The lowest BCUT2D eigenvalue weighted by Gasteiger charge is -2.12. The van der Waals surface area contributed by atoms with E-state index in [9.17, 15) is 4.79 Å². The number of nitrogens with zero attached hydrogens (tertiary/aromatic N) is 3. The van der Waals surface area contributed by atoms with Gasteiger partial charge in [-0.3, -0.25) is 4.79 Å². The molecule has 0 spiro atoms. The molecule has 0 radical (unpaired) electrons. The highest BCUT2D eigenvalue weighted by Gasteiger charge is 2.17. The summed E-state index contributed by atoms with van der Waals surface area (Å²) in [5, 5.41) is 2.95. The molecule has 134 valence electrons. The monoisotopic (exact) mass is 350 g/mol. The van der Waals surface area contributed by atoms with Crippen molar-refractivity contribution in [1.82, 2.24) is 14.4 Å². The Bertz CT molecular complexity index is 977. The molecule has 6 nitrogen and oxygen atoms in total. The molecule has 0 fully saturated rings. The molecule has 1 N–H and O–H groups in total. The summed E-state index contributed by atoms with van der Waals surface area (Å²) < 4.78 is 7.62. The second-order valence-corrected chi connectivity index (χ2v) is 6.45. The number of aryl methyl sites for hydroxylation is 3. The number of hydrogen-bond acceptors (Lipinski definition) is 4. The van der Waals surface area contributed by atoms with Gasteiger partial charge in [0, 0.05) is 24.2 Å². The first kappa shape index (κ1) is 16.6. The molecule has 0 aliphatic heterocycles. The minimum atomic E-state index is -0.226. The number of ether oxygens (including phenoxy) is 1. The van der Waals surface area contributed by atoms with Gasteiger partial charge in [0.25, 0.3) is 5.91 Å². The van der Waals surface area contributed by atoms with Gasteiger partial charge in [0.15, 0.2) is 0 Å². The number of carbonyl (C=O) groups is 1. The molecule has 0 saturated carbocycles. The Morgan fingerprint density at radius 2 is 2.12 bits per heavy atom. The predicted molar refractivity (Wildman–Crippen MR) is 100.0 cm³/mol. The third-order valence-electron chi connectivity index (χ3n) is 4.68. The second-order valence-electron chi connectivity index (χ2n) is 6.45. The highest BCUT2D eigenvalue weighted by Crippen LogP contribution is 2.27. The largest absolute Gasteiger partial charge is 0.491 e. The molecule has 6 heteroatoms. The van der Waals surface area contributed by atoms with Gasteiger partial charge < -0.3 is 14.5 Å². The van der Waals surface area contributed by atoms with Crippen LogP contribution in [0.2, 0.25) is 0 Å². The van der Waals surface area contributed by atoms with Crippen molar-refractivity contribution in [3.8, 4) is 5.75 Å². The van der Waals surface area contributed by atoms with E-state index in [0.717, 1.165) is 42.7 Å². The second kappa shape index (κ2) is 6.78. The van der Waals surface area contributed by atoms with Gasteiger partial charge in [-0.25, -0.2) is 9.97 Å². The summed E-state index contributed by atoms with van der Waals surface area (Å²) >= 11 is 0. The first-order valence-corrected chi connectivity index (χ1v) is 9.12. The van der Waals surface area contributed by atoms with Crippen molar-refractivity contribution in [1.29, 1.82) is 0 Å². The van der Waals surface area contributed by atoms with Crippen molar-refractivity contribution < 1.29 is 9.53 Å². The minimum absolute atomic E-state index is 0.226. The fourth-order valence-electron chi connectivity index (χ4n) is 3.34. The minimum Gasteiger partial charge on any atom is -0.491 e. The van der Waals surface area contributed by atoms with E-state index in [1.165, 1.54) is 5.56 Å². The molecular weight excluding hydrogens is 328 g/mol. The first-order chi connectivity index (χ1) is 12.7. The van der Waals surface area contributed by atoms with Crippen LogP contribution in [0.3, 0.4) is 0 Å². The number of fused-ring (bicyclic) bond motifs is 2. The molecule has 0 aromatic carbocycles. The molecule has 3 aromatic heterocycles. The Hall–Kier alpha value is -2.89. The van der Waals surface area contributed by atoms with E-state index in [1.54, 1.807) is 6.07 Å². The van der Waals surface area contributed by atoms with Crippen LogP contribution in [-0.4, -0.2) is 26.9 Å². The first-order valence-electron chi connectivity index (χ1n) is 9.12. The van der Waals surface area contributed by atoms with E-state index < -0.39 is 0 Å². The van der Waals surface area contributed by atoms with Gasteiger partial charge in [0.1, 0.15) is 22.8 Å². The lowest BCUT2D eigenvalue weighted by Crippen LogP contribution is -2.16. The van der Waals surface area contributed by atoms with Crippen LogP contribution in [0.15, 0.2) is 30.6 Å².